The Kier molecular flexibility index (Phi) is 7.64. The molecule has 0 atom stereocenters. The lowest BCUT2D eigenvalue weighted by molar-refractivity contribution is 1.67. The van der Waals surface area contributed by atoms with Crippen molar-refractivity contribution in [1.29, 1.82) is 0 Å². The smallest absolute Gasteiger partial charge is 0.0332 e. The number of benzene rings is 12. The highest BCUT2D eigenvalue weighted by Gasteiger charge is 2.22. The van der Waals surface area contributed by atoms with Gasteiger partial charge in [0.05, 0.1) is 0 Å². The lowest BCUT2D eigenvalue weighted by Gasteiger charge is -2.21. The van der Waals surface area contributed by atoms with E-state index in [1.807, 2.05) is 0 Å². The molecule has 0 amide bonds. The van der Waals surface area contributed by atoms with E-state index in [4.69, 9.17) is 0 Å². The molecule has 0 saturated heterocycles. The van der Waals surface area contributed by atoms with Gasteiger partial charge in [0.15, 0.2) is 0 Å². The lowest BCUT2D eigenvalue weighted by atomic mass is 9.84. The maximum absolute atomic E-state index is 4.13. The highest BCUT2D eigenvalue weighted by atomic mass is 79.9. The Hall–Kier alpha value is -6.32. The molecule has 0 aliphatic carbocycles. The zero-order chi connectivity index (χ0) is 38.5. The average molecular weight is 865 g/mol. The van der Waals surface area contributed by atoms with Crippen LogP contribution >= 0.6 is 31.9 Å². The highest BCUT2D eigenvalue weighted by Crippen LogP contribution is 2.50. The van der Waals surface area contributed by atoms with Crippen LogP contribution in [0.4, 0.5) is 0 Å². The van der Waals surface area contributed by atoms with Crippen molar-refractivity contribution in [1.82, 2.24) is 0 Å². The van der Waals surface area contributed by atoms with Crippen molar-refractivity contribution < 1.29 is 0 Å². The number of rotatable bonds is 3. The van der Waals surface area contributed by atoms with Crippen LogP contribution < -0.4 is 0 Å². The summed E-state index contributed by atoms with van der Waals surface area (Å²) in [6, 6.07) is 71.9. The maximum atomic E-state index is 4.13. The van der Waals surface area contributed by atoms with Crippen molar-refractivity contribution in [3.8, 4) is 33.4 Å². The van der Waals surface area contributed by atoms with Gasteiger partial charge >= 0.3 is 0 Å². The Morgan fingerprint density at radius 1 is 0.241 bits per heavy atom. The molecule has 58 heavy (non-hydrogen) atoms. The normalized spacial score (nSPS) is 12.0. The SMILES string of the molecule is Brc1c2ccccc2c(-c2c3ccccc3c(Br)c3ccc(-c4cccc5ccc6ccccc6c45)cc23)c2cc(-c3cccc4ccc5ccccc5c34)ccc12. The van der Waals surface area contributed by atoms with Crippen molar-refractivity contribution in [2.24, 2.45) is 0 Å². The third-order valence-corrected chi connectivity index (χ3v) is 14.0. The molecule has 0 spiro atoms. The van der Waals surface area contributed by atoms with Gasteiger partial charge in [0.1, 0.15) is 0 Å². The Balaban J connectivity index is 1.23. The summed E-state index contributed by atoms with van der Waals surface area (Å²) in [7, 11) is 0. The molecule has 0 aliphatic rings. The predicted molar refractivity (Wildman–Crippen MR) is 258 cm³/mol. The second-order valence-corrected chi connectivity index (χ2v) is 17.0. The number of fused-ring (bicyclic) bond motifs is 10. The van der Waals surface area contributed by atoms with Gasteiger partial charge in [-0.3, -0.25) is 0 Å². The van der Waals surface area contributed by atoms with Crippen molar-refractivity contribution in [2.75, 3.05) is 0 Å². The Morgan fingerprint density at radius 3 is 1.03 bits per heavy atom. The second kappa shape index (κ2) is 13.1. The van der Waals surface area contributed by atoms with Crippen LogP contribution in [0.25, 0.3) is 120 Å². The van der Waals surface area contributed by atoms with Crippen molar-refractivity contribution >= 4 is 118 Å². The third kappa shape index (κ3) is 4.98. The van der Waals surface area contributed by atoms with E-state index < -0.39 is 0 Å². The van der Waals surface area contributed by atoms with E-state index in [1.54, 1.807) is 0 Å². The molecule has 12 aromatic rings. The van der Waals surface area contributed by atoms with Crippen molar-refractivity contribution in [3.05, 3.63) is 203 Å². The van der Waals surface area contributed by atoms with Gasteiger partial charge in [-0.1, -0.05) is 182 Å². The quantitative estimate of drug-likeness (QED) is 0.123. The van der Waals surface area contributed by atoms with E-state index in [0.717, 1.165) is 8.95 Å². The third-order valence-electron chi connectivity index (χ3n) is 12.3. The summed E-state index contributed by atoms with van der Waals surface area (Å²) in [5, 5.41) is 19.8. The van der Waals surface area contributed by atoms with Gasteiger partial charge in [-0.2, -0.15) is 0 Å². The average Bonchev–Trinajstić information content (AvgIpc) is 3.29. The molecule has 0 N–H and O–H groups in total. The van der Waals surface area contributed by atoms with E-state index in [9.17, 15) is 0 Å². The van der Waals surface area contributed by atoms with Gasteiger partial charge in [0.25, 0.3) is 0 Å². The minimum atomic E-state index is 1.12. The molecule has 270 valence electrons. The van der Waals surface area contributed by atoms with Crippen LogP contribution in [0.2, 0.25) is 0 Å². The van der Waals surface area contributed by atoms with Gasteiger partial charge in [-0.25, -0.2) is 0 Å². The Bertz CT molecular complexity index is 3460. The van der Waals surface area contributed by atoms with Crippen LogP contribution in [0.1, 0.15) is 0 Å². The summed E-state index contributed by atoms with van der Waals surface area (Å²) in [5.41, 5.74) is 7.37. The molecule has 0 bridgehead atoms. The summed E-state index contributed by atoms with van der Waals surface area (Å²) < 4.78 is 2.23. The van der Waals surface area contributed by atoms with Gasteiger partial charge in [-0.05, 0) is 164 Å². The summed E-state index contributed by atoms with van der Waals surface area (Å²) in [5.74, 6) is 0. The fraction of sp³-hybridized carbons (Fsp3) is 0. The summed E-state index contributed by atoms with van der Waals surface area (Å²) in [6.07, 6.45) is 0. The molecular formula is C56H32Br2. The number of halogens is 2. The van der Waals surface area contributed by atoms with E-state index in [1.165, 1.54) is 120 Å². The van der Waals surface area contributed by atoms with Crippen LogP contribution in [-0.4, -0.2) is 0 Å². The monoisotopic (exact) mass is 862 g/mol. The zero-order valence-corrected chi connectivity index (χ0v) is 34.4. The fourth-order valence-corrected chi connectivity index (χ4v) is 11.1. The standard InChI is InChI=1S/C56H32Br2/c57-55-45-19-7-5-17-43(45)53(49-31-37(27-29-47(49)55)41-21-9-13-35-25-23-33-11-1-3-15-39(33)51(35)41)54-44-18-6-8-20-46(44)56(58)48-30-28-38(32-50(48)54)42-22-10-14-36-26-24-34-12-2-4-16-40(34)52(36)42/h1-32H. The number of hydrogen-bond donors (Lipinski definition) is 0. The van der Waals surface area contributed by atoms with E-state index in [2.05, 4.69) is 226 Å². The van der Waals surface area contributed by atoms with Gasteiger partial charge < -0.3 is 0 Å². The molecule has 0 fully saturated rings. The first-order chi connectivity index (χ1) is 28.6. The summed E-state index contributed by atoms with van der Waals surface area (Å²) in [6.45, 7) is 0. The maximum Gasteiger partial charge on any atom is 0.0332 e. The molecule has 0 radical (unpaired) electrons. The van der Waals surface area contributed by atoms with E-state index >= 15 is 0 Å². The second-order valence-electron chi connectivity index (χ2n) is 15.4. The first kappa shape index (κ1) is 33.8. The topological polar surface area (TPSA) is 0 Å². The van der Waals surface area contributed by atoms with Crippen LogP contribution in [0.5, 0.6) is 0 Å². The number of hydrogen-bond acceptors (Lipinski definition) is 0. The van der Waals surface area contributed by atoms with Gasteiger partial charge in [0.2, 0.25) is 0 Å². The fourth-order valence-electron chi connectivity index (χ4n) is 9.72. The summed E-state index contributed by atoms with van der Waals surface area (Å²) in [4.78, 5) is 0. The molecular weight excluding hydrogens is 832 g/mol. The lowest BCUT2D eigenvalue weighted by Crippen LogP contribution is -1.93. The summed E-state index contributed by atoms with van der Waals surface area (Å²) >= 11 is 8.26. The minimum absolute atomic E-state index is 1.12. The Morgan fingerprint density at radius 2 is 0.586 bits per heavy atom. The molecule has 0 unspecified atom stereocenters. The molecule has 12 rings (SSSR count). The largest absolute Gasteiger partial charge is 0.0616 e. The minimum Gasteiger partial charge on any atom is -0.0616 e. The zero-order valence-electron chi connectivity index (χ0n) is 31.2. The first-order valence-electron chi connectivity index (χ1n) is 19.7. The van der Waals surface area contributed by atoms with E-state index in [-0.39, 0.29) is 0 Å². The molecule has 0 aromatic heterocycles. The molecule has 0 aliphatic heterocycles. The van der Waals surface area contributed by atoms with Crippen LogP contribution in [-0.2, 0) is 0 Å². The van der Waals surface area contributed by atoms with Gasteiger partial charge in [0, 0.05) is 8.95 Å². The molecule has 0 heterocycles. The molecule has 12 aromatic carbocycles. The van der Waals surface area contributed by atoms with Crippen molar-refractivity contribution in [2.45, 2.75) is 0 Å². The predicted octanol–water partition coefficient (Wildman–Crippen LogP) is 17.4. The Labute approximate surface area is 352 Å². The molecule has 2 heteroatoms. The van der Waals surface area contributed by atoms with E-state index in [0.29, 0.717) is 0 Å². The van der Waals surface area contributed by atoms with Crippen LogP contribution in [0.15, 0.2) is 203 Å². The van der Waals surface area contributed by atoms with Crippen LogP contribution in [0.3, 0.4) is 0 Å². The van der Waals surface area contributed by atoms with Crippen molar-refractivity contribution in [3.63, 3.8) is 0 Å². The van der Waals surface area contributed by atoms with Gasteiger partial charge in [-0.15, -0.1) is 0 Å². The van der Waals surface area contributed by atoms with Crippen LogP contribution in [0, 0.1) is 0 Å². The highest BCUT2D eigenvalue weighted by molar-refractivity contribution is 9.11. The first-order valence-corrected chi connectivity index (χ1v) is 21.3. The molecule has 0 saturated carbocycles. The molecule has 0 nitrogen and oxygen atoms in total.